The van der Waals surface area contributed by atoms with Crippen molar-refractivity contribution >= 4 is 17.5 Å². The van der Waals surface area contributed by atoms with Crippen molar-refractivity contribution in [1.29, 1.82) is 0 Å². The SMILES string of the molecule is Cc1cc(C(=O)N2CCC(C)CC2)ccc1NC(=O)C1CCNCC1. The number of anilines is 1. The van der Waals surface area contributed by atoms with Gasteiger partial charge in [-0.25, -0.2) is 0 Å². The lowest BCUT2D eigenvalue weighted by Gasteiger charge is -2.30. The number of hydrogen-bond donors (Lipinski definition) is 2. The van der Waals surface area contributed by atoms with E-state index in [0.717, 1.165) is 63.1 Å². The number of piperidine rings is 2. The van der Waals surface area contributed by atoms with E-state index in [2.05, 4.69) is 17.6 Å². The molecule has 2 fully saturated rings. The Hall–Kier alpha value is -1.88. The standard InChI is InChI=1S/C20H29N3O2/c1-14-7-11-23(12-8-14)20(25)17-3-4-18(15(2)13-17)22-19(24)16-5-9-21-10-6-16/h3-4,13-14,16,21H,5-12H2,1-2H3,(H,22,24). The van der Waals surface area contributed by atoms with Gasteiger partial charge in [0.15, 0.2) is 0 Å². The predicted molar refractivity (Wildman–Crippen MR) is 99.7 cm³/mol. The van der Waals surface area contributed by atoms with Gasteiger partial charge in [0.1, 0.15) is 0 Å². The maximum atomic E-state index is 12.7. The summed E-state index contributed by atoms with van der Waals surface area (Å²) in [6.45, 7) is 7.68. The van der Waals surface area contributed by atoms with Crippen LogP contribution in [-0.2, 0) is 4.79 Å². The van der Waals surface area contributed by atoms with Crippen LogP contribution in [0.4, 0.5) is 5.69 Å². The maximum Gasteiger partial charge on any atom is 0.253 e. The summed E-state index contributed by atoms with van der Waals surface area (Å²) in [6, 6.07) is 5.61. The van der Waals surface area contributed by atoms with Gasteiger partial charge in [-0.1, -0.05) is 6.92 Å². The fraction of sp³-hybridized carbons (Fsp3) is 0.600. The van der Waals surface area contributed by atoms with Crippen molar-refractivity contribution in [2.75, 3.05) is 31.5 Å². The van der Waals surface area contributed by atoms with Crippen LogP contribution in [0.5, 0.6) is 0 Å². The van der Waals surface area contributed by atoms with E-state index in [4.69, 9.17) is 0 Å². The molecule has 3 rings (SSSR count). The van der Waals surface area contributed by atoms with Crippen LogP contribution >= 0.6 is 0 Å². The molecule has 0 aromatic heterocycles. The lowest BCUT2D eigenvalue weighted by atomic mass is 9.96. The van der Waals surface area contributed by atoms with Crippen LogP contribution in [0.25, 0.3) is 0 Å². The number of rotatable bonds is 3. The summed E-state index contributed by atoms with van der Waals surface area (Å²) in [7, 11) is 0. The van der Waals surface area contributed by atoms with Crippen molar-refractivity contribution in [1.82, 2.24) is 10.2 Å². The molecule has 0 spiro atoms. The van der Waals surface area contributed by atoms with Crippen LogP contribution in [-0.4, -0.2) is 42.9 Å². The Morgan fingerprint density at radius 1 is 1.12 bits per heavy atom. The molecule has 2 N–H and O–H groups in total. The Morgan fingerprint density at radius 2 is 1.80 bits per heavy atom. The van der Waals surface area contributed by atoms with Gasteiger partial charge < -0.3 is 15.5 Å². The topological polar surface area (TPSA) is 61.4 Å². The first-order valence-corrected chi connectivity index (χ1v) is 9.46. The molecule has 2 heterocycles. The van der Waals surface area contributed by atoms with E-state index in [0.29, 0.717) is 11.5 Å². The first-order chi connectivity index (χ1) is 12.0. The molecule has 0 saturated carbocycles. The minimum absolute atomic E-state index is 0.0808. The summed E-state index contributed by atoms with van der Waals surface area (Å²) in [5, 5.41) is 6.32. The van der Waals surface area contributed by atoms with Gasteiger partial charge in [0, 0.05) is 30.3 Å². The minimum Gasteiger partial charge on any atom is -0.339 e. The molecule has 136 valence electrons. The third kappa shape index (κ3) is 4.40. The van der Waals surface area contributed by atoms with Crippen LogP contribution in [0, 0.1) is 18.8 Å². The van der Waals surface area contributed by atoms with E-state index >= 15 is 0 Å². The number of likely N-dealkylation sites (tertiary alicyclic amines) is 1. The molecule has 0 unspecified atom stereocenters. The fourth-order valence-corrected chi connectivity index (χ4v) is 3.65. The van der Waals surface area contributed by atoms with Crippen LogP contribution in [0.3, 0.4) is 0 Å². The molecule has 0 bridgehead atoms. The normalized spacial score (nSPS) is 19.7. The van der Waals surface area contributed by atoms with Gasteiger partial charge in [0.05, 0.1) is 0 Å². The smallest absolute Gasteiger partial charge is 0.253 e. The highest BCUT2D eigenvalue weighted by Crippen LogP contribution is 2.22. The average Bonchev–Trinajstić information content (AvgIpc) is 2.64. The van der Waals surface area contributed by atoms with Gasteiger partial charge in [-0.15, -0.1) is 0 Å². The molecule has 5 heteroatoms. The summed E-state index contributed by atoms with van der Waals surface area (Å²) in [5.41, 5.74) is 2.47. The first-order valence-electron chi connectivity index (χ1n) is 9.46. The number of carbonyl (C=O) groups excluding carboxylic acids is 2. The van der Waals surface area contributed by atoms with Crippen molar-refractivity contribution in [3.63, 3.8) is 0 Å². The molecule has 5 nitrogen and oxygen atoms in total. The summed E-state index contributed by atoms with van der Waals surface area (Å²) in [6.07, 6.45) is 3.92. The van der Waals surface area contributed by atoms with Gasteiger partial charge >= 0.3 is 0 Å². The van der Waals surface area contributed by atoms with Crippen molar-refractivity contribution in [2.24, 2.45) is 11.8 Å². The van der Waals surface area contributed by atoms with Gasteiger partial charge in [-0.05, 0) is 75.4 Å². The number of benzene rings is 1. The summed E-state index contributed by atoms with van der Waals surface area (Å²) < 4.78 is 0. The van der Waals surface area contributed by atoms with Crippen molar-refractivity contribution in [3.8, 4) is 0 Å². The highest BCUT2D eigenvalue weighted by atomic mass is 16.2. The van der Waals surface area contributed by atoms with Crippen LogP contribution in [0.2, 0.25) is 0 Å². The Balaban J connectivity index is 1.64. The minimum atomic E-state index is 0.0808. The number of amides is 2. The molecule has 0 radical (unpaired) electrons. The molecular weight excluding hydrogens is 314 g/mol. The Labute approximate surface area is 150 Å². The third-order valence-corrected chi connectivity index (χ3v) is 5.51. The predicted octanol–water partition coefficient (Wildman–Crippen LogP) is 2.81. The summed E-state index contributed by atoms with van der Waals surface area (Å²) in [5.74, 6) is 0.982. The molecule has 2 aliphatic rings. The number of hydrogen-bond acceptors (Lipinski definition) is 3. The van der Waals surface area contributed by atoms with E-state index in [1.54, 1.807) is 0 Å². The van der Waals surface area contributed by atoms with E-state index in [9.17, 15) is 9.59 Å². The second-order valence-corrected chi connectivity index (χ2v) is 7.52. The zero-order valence-corrected chi connectivity index (χ0v) is 15.3. The number of carbonyl (C=O) groups is 2. The molecule has 2 aliphatic heterocycles. The zero-order valence-electron chi connectivity index (χ0n) is 15.3. The third-order valence-electron chi connectivity index (χ3n) is 5.51. The maximum absolute atomic E-state index is 12.7. The van der Waals surface area contributed by atoms with Gasteiger partial charge in [-0.2, -0.15) is 0 Å². The lowest BCUT2D eigenvalue weighted by Crippen LogP contribution is -2.38. The molecule has 0 aliphatic carbocycles. The molecule has 0 atom stereocenters. The number of aryl methyl sites for hydroxylation is 1. The van der Waals surface area contributed by atoms with Gasteiger partial charge in [0.25, 0.3) is 5.91 Å². The van der Waals surface area contributed by atoms with E-state index in [1.165, 1.54) is 0 Å². The fourth-order valence-electron chi connectivity index (χ4n) is 3.65. The lowest BCUT2D eigenvalue weighted by molar-refractivity contribution is -0.120. The Kier molecular flexibility index (Phi) is 5.74. The molecule has 1 aromatic rings. The summed E-state index contributed by atoms with van der Waals surface area (Å²) >= 11 is 0. The zero-order chi connectivity index (χ0) is 17.8. The monoisotopic (exact) mass is 343 g/mol. The highest BCUT2D eigenvalue weighted by Gasteiger charge is 2.23. The van der Waals surface area contributed by atoms with Crippen molar-refractivity contribution in [3.05, 3.63) is 29.3 Å². The molecular formula is C20H29N3O2. The van der Waals surface area contributed by atoms with E-state index in [-0.39, 0.29) is 17.7 Å². The van der Waals surface area contributed by atoms with Crippen LogP contribution in [0.1, 0.15) is 48.5 Å². The molecule has 2 saturated heterocycles. The van der Waals surface area contributed by atoms with Crippen LogP contribution in [0.15, 0.2) is 18.2 Å². The molecule has 2 amide bonds. The highest BCUT2D eigenvalue weighted by molar-refractivity contribution is 5.97. The second-order valence-electron chi connectivity index (χ2n) is 7.52. The quantitative estimate of drug-likeness (QED) is 0.887. The van der Waals surface area contributed by atoms with Crippen molar-refractivity contribution in [2.45, 2.75) is 39.5 Å². The first kappa shape index (κ1) is 17.9. The van der Waals surface area contributed by atoms with E-state index < -0.39 is 0 Å². The average molecular weight is 343 g/mol. The second kappa shape index (κ2) is 8.00. The van der Waals surface area contributed by atoms with Gasteiger partial charge in [0.2, 0.25) is 5.91 Å². The number of nitrogens with zero attached hydrogens (tertiary/aromatic N) is 1. The molecule has 1 aromatic carbocycles. The summed E-state index contributed by atoms with van der Waals surface area (Å²) in [4.78, 5) is 27.0. The molecule has 25 heavy (non-hydrogen) atoms. The van der Waals surface area contributed by atoms with E-state index in [1.807, 2.05) is 30.0 Å². The van der Waals surface area contributed by atoms with Crippen molar-refractivity contribution < 1.29 is 9.59 Å². The largest absolute Gasteiger partial charge is 0.339 e. The Morgan fingerprint density at radius 3 is 2.44 bits per heavy atom. The van der Waals surface area contributed by atoms with Gasteiger partial charge in [-0.3, -0.25) is 9.59 Å². The Bertz CT molecular complexity index is 630. The van der Waals surface area contributed by atoms with Crippen LogP contribution < -0.4 is 10.6 Å². The number of nitrogens with one attached hydrogen (secondary N) is 2.